The van der Waals surface area contributed by atoms with Crippen LogP contribution >= 0.6 is 0 Å². The Kier molecular flexibility index (Phi) is 6.72. The average molecular weight is 336 g/mol. The molecule has 0 aliphatic rings. The van der Waals surface area contributed by atoms with Crippen LogP contribution in [-0.2, 0) is 14.3 Å². The Balaban J connectivity index is 2.27. The smallest absolute Gasteiger partial charge is 0.342 e. The number of hydrogen-bond acceptors (Lipinski definition) is 4. The lowest BCUT2D eigenvalue weighted by atomic mass is 10.1. The summed E-state index contributed by atoms with van der Waals surface area (Å²) in [5.74, 6) is -0.343. The summed E-state index contributed by atoms with van der Waals surface area (Å²) in [5, 5.41) is 0. The van der Waals surface area contributed by atoms with Gasteiger partial charge in [-0.1, -0.05) is 48.5 Å². The fourth-order valence-corrected chi connectivity index (χ4v) is 2.13. The maximum atomic E-state index is 12.5. The molecule has 2 aromatic rings. The number of carbonyl (C=O) groups excluding carboxylic acids is 2. The Labute approximate surface area is 147 Å². The molecule has 25 heavy (non-hydrogen) atoms. The quantitative estimate of drug-likeness (QED) is 0.333. The van der Waals surface area contributed by atoms with Gasteiger partial charge in [-0.2, -0.15) is 0 Å². The van der Waals surface area contributed by atoms with Gasteiger partial charge in [-0.25, -0.2) is 4.79 Å². The van der Waals surface area contributed by atoms with Crippen molar-refractivity contribution in [2.24, 2.45) is 0 Å². The molecule has 0 heterocycles. The van der Waals surface area contributed by atoms with E-state index in [1.807, 2.05) is 30.3 Å². The summed E-state index contributed by atoms with van der Waals surface area (Å²) in [7, 11) is 1.58. The summed E-state index contributed by atoms with van der Waals surface area (Å²) in [4.78, 5) is 24.6. The van der Waals surface area contributed by atoms with Crippen LogP contribution in [0.15, 0.2) is 66.2 Å². The van der Waals surface area contributed by atoms with E-state index in [9.17, 15) is 9.59 Å². The van der Waals surface area contributed by atoms with E-state index in [2.05, 4.69) is 0 Å². The molecule has 0 amide bonds. The molecule has 0 spiro atoms. The summed E-state index contributed by atoms with van der Waals surface area (Å²) in [6.07, 6.45) is 4.57. The number of benzene rings is 2. The van der Waals surface area contributed by atoms with Crippen LogP contribution in [0.1, 0.15) is 18.1 Å². The van der Waals surface area contributed by atoms with Crippen LogP contribution in [0.25, 0.3) is 12.2 Å². The molecule has 0 aliphatic heterocycles. The van der Waals surface area contributed by atoms with Crippen molar-refractivity contribution in [1.29, 1.82) is 0 Å². The number of carbonyl (C=O) groups is 2. The molecule has 4 nitrogen and oxygen atoms in total. The van der Waals surface area contributed by atoms with Crippen molar-refractivity contribution in [3.63, 3.8) is 0 Å². The number of esters is 1. The molecule has 2 aromatic carbocycles. The van der Waals surface area contributed by atoms with Gasteiger partial charge < -0.3 is 9.47 Å². The first-order chi connectivity index (χ1) is 12.1. The molecule has 0 aliphatic carbocycles. The number of hydrogen-bond donors (Lipinski definition) is 0. The zero-order valence-corrected chi connectivity index (χ0v) is 14.3. The van der Waals surface area contributed by atoms with E-state index in [0.29, 0.717) is 11.3 Å². The minimum atomic E-state index is -0.638. The third kappa shape index (κ3) is 5.46. The van der Waals surface area contributed by atoms with Crippen molar-refractivity contribution in [2.45, 2.75) is 6.92 Å². The molecular formula is C21H20O4. The van der Waals surface area contributed by atoms with E-state index in [1.54, 1.807) is 44.4 Å². The third-order valence-electron chi connectivity index (χ3n) is 3.41. The van der Waals surface area contributed by atoms with E-state index < -0.39 is 11.8 Å². The van der Waals surface area contributed by atoms with Gasteiger partial charge in [-0.05, 0) is 42.3 Å². The van der Waals surface area contributed by atoms with Gasteiger partial charge in [-0.15, -0.1) is 0 Å². The summed E-state index contributed by atoms with van der Waals surface area (Å²) in [6, 6.07) is 16.5. The van der Waals surface area contributed by atoms with Crippen LogP contribution in [0.3, 0.4) is 0 Å². The second-order valence-corrected chi connectivity index (χ2v) is 5.16. The fourth-order valence-electron chi connectivity index (χ4n) is 2.13. The molecule has 0 saturated carbocycles. The van der Waals surface area contributed by atoms with Crippen molar-refractivity contribution in [2.75, 3.05) is 13.7 Å². The largest absolute Gasteiger partial charge is 0.497 e. The van der Waals surface area contributed by atoms with Gasteiger partial charge >= 0.3 is 5.97 Å². The molecule has 0 fully saturated rings. The van der Waals surface area contributed by atoms with Gasteiger partial charge in [-0.3, -0.25) is 4.79 Å². The Hall–Kier alpha value is -3.14. The predicted molar refractivity (Wildman–Crippen MR) is 98.1 cm³/mol. The van der Waals surface area contributed by atoms with Gasteiger partial charge in [0.15, 0.2) is 5.78 Å². The Bertz CT molecular complexity index is 771. The monoisotopic (exact) mass is 336 g/mol. The van der Waals surface area contributed by atoms with E-state index >= 15 is 0 Å². The molecule has 0 radical (unpaired) electrons. The number of ketones is 1. The lowest BCUT2D eigenvalue weighted by Gasteiger charge is -2.05. The third-order valence-corrected chi connectivity index (χ3v) is 3.41. The van der Waals surface area contributed by atoms with Gasteiger partial charge in [0.05, 0.1) is 13.7 Å². The van der Waals surface area contributed by atoms with Crippen molar-refractivity contribution in [3.8, 4) is 5.75 Å². The van der Waals surface area contributed by atoms with Crippen molar-refractivity contribution in [3.05, 3.63) is 77.4 Å². The number of ether oxygens (including phenoxy) is 2. The number of methoxy groups -OCH3 is 1. The number of rotatable bonds is 7. The normalized spacial score (nSPS) is 11.4. The Morgan fingerprint density at radius 3 is 2.24 bits per heavy atom. The second kappa shape index (κ2) is 9.23. The van der Waals surface area contributed by atoms with Crippen LogP contribution in [0, 0.1) is 0 Å². The highest BCUT2D eigenvalue weighted by Gasteiger charge is 2.17. The maximum Gasteiger partial charge on any atom is 0.342 e. The topological polar surface area (TPSA) is 52.6 Å². The van der Waals surface area contributed by atoms with Crippen LogP contribution in [0.5, 0.6) is 5.75 Å². The molecule has 2 rings (SSSR count). The van der Waals surface area contributed by atoms with E-state index in [0.717, 1.165) is 5.56 Å². The highest BCUT2D eigenvalue weighted by molar-refractivity contribution is 6.25. The van der Waals surface area contributed by atoms with E-state index in [4.69, 9.17) is 9.47 Å². The Morgan fingerprint density at radius 1 is 0.960 bits per heavy atom. The van der Waals surface area contributed by atoms with Crippen LogP contribution < -0.4 is 4.74 Å². The summed E-state index contributed by atoms with van der Waals surface area (Å²) in [5.41, 5.74) is 1.58. The Morgan fingerprint density at radius 2 is 1.64 bits per heavy atom. The summed E-state index contributed by atoms with van der Waals surface area (Å²) in [6.45, 7) is 1.90. The molecule has 4 heteroatoms. The molecule has 0 bridgehead atoms. The molecule has 0 unspecified atom stereocenters. The fraction of sp³-hybridized carbons (Fsp3) is 0.143. The highest BCUT2D eigenvalue weighted by atomic mass is 16.5. The summed E-state index contributed by atoms with van der Waals surface area (Å²) >= 11 is 0. The zero-order valence-electron chi connectivity index (χ0n) is 14.3. The first kappa shape index (κ1) is 18.2. The van der Waals surface area contributed by atoms with Crippen LogP contribution in [0.2, 0.25) is 0 Å². The van der Waals surface area contributed by atoms with E-state index in [1.165, 1.54) is 12.2 Å². The maximum absolute atomic E-state index is 12.5. The minimum absolute atomic E-state index is 0.0146. The van der Waals surface area contributed by atoms with Crippen molar-refractivity contribution >= 4 is 23.9 Å². The van der Waals surface area contributed by atoms with Crippen LogP contribution in [0.4, 0.5) is 0 Å². The molecule has 128 valence electrons. The molecular weight excluding hydrogens is 316 g/mol. The first-order valence-electron chi connectivity index (χ1n) is 7.94. The lowest BCUT2D eigenvalue weighted by molar-refractivity contribution is -0.139. The molecule has 0 atom stereocenters. The lowest BCUT2D eigenvalue weighted by Crippen LogP contribution is -2.14. The number of allylic oxidation sites excluding steroid dienone is 1. The standard InChI is InChI=1S/C21H20O4/c1-3-25-21(23)19(15-17-9-12-18(24-2)13-10-17)20(22)14-11-16-7-5-4-6-8-16/h4-15H,3H2,1-2H3/b14-11+,19-15-. The van der Waals surface area contributed by atoms with Gasteiger partial charge in [0, 0.05) is 0 Å². The second-order valence-electron chi connectivity index (χ2n) is 5.16. The predicted octanol–water partition coefficient (Wildman–Crippen LogP) is 3.92. The van der Waals surface area contributed by atoms with Crippen molar-refractivity contribution < 1.29 is 19.1 Å². The van der Waals surface area contributed by atoms with Gasteiger partial charge in [0.25, 0.3) is 0 Å². The highest BCUT2D eigenvalue weighted by Crippen LogP contribution is 2.16. The van der Waals surface area contributed by atoms with Crippen LogP contribution in [-0.4, -0.2) is 25.5 Å². The minimum Gasteiger partial charge on any atom is -0.497 e. The van der Waals surface area contributed by atoms with Gasteiger partial charge in [0.1, 0.15) is 11.3 Å². The molecule has 0 saturated heterocycles. The summed E-state index contributed by atoms with van der Waals surface area (Å²) < 4.78 is 10.1. The average Bonchev–Trinajstić information content (AvgIpc) is 2.65. The van der Waals surface area contributed by atoms with Gasteiger partial charge in [0.2, 0.25) is 0 Å². The molecule has 0 N–H and O–H groups in total. The first-order valence-corrected chi connectivity index (χ1v) is 7.94. The molecule has 0 aromatic heterocycles. The van der Waals surface area contributed by atoms with E-state index in [-0.39, 0.29) is 12.2 Å². The zero-order chi connectivity index (χ0) is 18.1. The SMILES string of the molecule is CCOC(=O)/C(=C\c1ccc(OC)cc1)C(=O)/C=C/c1ccccc1. The van der Waals surface area contributed by atoms with Crippen molar-refractivity contribution in [1.82, 2.24) is 0 Å².